The number of aryl methyl sites for hydroxylation is 1. The standard InChI is InChI=1S/C15H16ClFN2O/c1-10-2-5-15(14(19-10)6-7-18)20-9-11-8-12(16)3-4-13(11)17/h2-5,8H,6-7,9,18H2,1H3. The molecule has 0 saturated carbocycles. The highest BCUT2D eigenvalue weighted by molar-refractivity contribution is 6.30. The van der Waals surface area contributed by atoms with Crippen LogP contribution in [0.25, 0.3) is 0 Å². The van der Waals surface area contributed by atoms with E-state index in [1.807, 2.05) is 19.1 Å². The Morgan fingerprint density at radius 1 is 1.30 bits per heavy atom. The molecule has 2 rings (SSSR count). The third-order valence-corrected chi connectivity index (χ3v) is 3.08. The Labute approximate surface area is 122 Å². The van der Waals surface area contributed by atoms with Crippen LogP contribution < -0.4 is 10.5 Å². The molecule has 0 radical (unpaired) electrons. The highest BCUT2D eigenvalue weighted by atomic mass is 35.5. The van der Waals surface area contributed by atoms with E-state index >= 15 is 0 Å². The van der Waals surface area contributed by atoms with E-state index in [-0.39, 0.29) is 12.4 Å². The lowest BCUT2D eigenvalue weighted by Gasteiger charge is -2.11. The lowest BCUT2D eigenvalue weighted by atomic mass is 10.2. The van der Waals surface area contributed by atoms with Gasteiger partial charge in [0.15, 0.2) is 0 Å². The maximum Gasteiger partial charge on any atom is 0.141 e. The normalized spacial score (nSPS) is 10.6. The zero-order chi connectivity index (χ0) is 14.5. The number of nitrogens with two attached hydrogens (primary N) is 1. The molecule has 1 aromatic heterocycles. The molecule has 0 amide bonds. The maximum atomic E-state index is 13.6. The molecule has 0 aliphatic rings. The second kappa shape index (κ2) is 6.68. The summed E-state index contributed by atoms with van der Waals surface area (Å²) in [5, 5.41) is 0.481. The first-order valence-electron chi connectivity index (χ1n) is 6.33. The number of ether oxygens (including phenoxy) is 1. The van der Waals surface area contributed by atoms with Crippen LogP contribution in [0.4, 0.5) is 4.39 Å². The van der Waals surface area contributed by atoms with Crippen molar-refractivity contribution in [1.29, 1.82) is 0 Å². The summed E-state index contributed by atoms with van der Waals surface area (Å²) < 4.78 is 19.3. The summed E-state index contributed by atoms with van der Waals surface area (Å²) in [7, 11) is 0. The van der Waals surface area contributed by atoms with E-state index in [9.17, 15) is 4.39 Å². The zero-order valence-corrected chi connectivity index (χ0v) is 12.0. The fraction of sp³-hybridized carbons (Fsp3) is 0.267. The van der Waals surface area contributed by atoms with Gasteiger partial charge in [0.2, 0.25) is 0 Å². The van der Waals surface area contributed by atoms with Crippen molar-refractivity contribution in [2.24, 2.45) is 5.73 Å². The van der Waals surface area contributed by atoms with E-state index in [1.54, 1.807) is 6.07 Å². The Balaban J connectivity index is 2.16. The van der Waals surface area contributed by atoms with Crippen molar-refractivity contribution in [3.63, 3.8) is 0 Å². The van der Waals surface area contributed by atoms with Gasteiger partial charge in [-0.1, -0.05) is 11.6 Å². The lowest BCUT2D eigenvalue weighted by Crippen LogP contribution is -2.08. The largest absolute Gasteiger partial charge is 0.487 e. The average molecular weight is 295 g/mol. The molecule has 3 nitrogen and oxygen atoms in total. The first-order chi connectivity index (χ1) is 9.60. The van der Waals surface area contributed by atoms with E-state index < -0.39 is 0 Å². The van der Waals surface area contributed by atoms with Crippen molar-refractivity contribution in [3.8, 4) is 5.75 Å². The summed E-state index contributed by atoms with van der Waals surface area (Å²) in [4.78, 5) is 4.39. The molecule has 0 bridgehead atoms. The van der Waals surface area contributed by atoms with Crippen LogP contribution in [-0.2, 0) is 13.0 Å². The molecule has 20 heavy (non-hydrogen) atoms. The van der Waals surface area contributed by atoms with E-state index in [0.717, 1.165) is 11.4 Å². The van der Waals surface area contributed by atoms with Crippen molar-refractivity contribution in [1.82, 2.24) is 4.98 Å². The van der Waals surface area contributed by atoms with E-state index in [0.29, 0.717) is 29.3 Å². The van der Waals surface area contributed by atoms with E-state index in [2.05, 4.69) is 4.98 Å². The number of aromatic nitrogens is 1. The van der Waals surface area contributed by atoms with Crippen molar-refractivity contribution in [2.75, 3.05) is 6.54 Å². The van der Waals surface area contributed by atoms with Gasteiger partial charge >= 0.3 is 0 Å². The van der Waals surface area contributed by atoms with Gasteiger partial charge in [-0.3, -0.25) is 4.98 Å². The Hall–Kier alpha value is -1.65. The highest BCUT2D eigenvalue weighted by Gasteiger charge is 2.08. The maximum absolute atomic E-state index is 13.6. The highest BCUT2D eigenvalue weighted by Crippen LogP contribution is 2.21. The Morgan fingerprint density at radius 2 is 2.10 bits per heavy atom. The van der Waals surface area contributed by atoms with Gasteiger partial charge in [0.05, 0.1) is 5.69 Å². The van der Waals surface area contributed by atoms with Gasteiger partial charge in [-0.25, -0.2) is 4.39 Å². The quantitative estimate of drug-likeness (QED) is 0.921. The Kier molecular flexibility index (Phi) is 4.93. The third-order valence-electron chi connectivity index (χ3n) is 2.84. The van der Waals surface area contributed by atoms with Crippen LogP contribution in [0, 0.1) is 12.7 Å². The fourth-order valence-corrected chi connectivity index (χ4v) is 2.05. The molecule has 0 unspecified atom stereocenters. The summed E-state index contributed by atoms with van der Waals surface area (Å²) in [5.41, 5.74) is 7.66. The molecule has 1 aromatic carbocycles. The summed E-state index contributed by atoms with van der Waals surface area (Å²) in [6, 6.07) is 8.07. The minimum atomic E-state index is -0.338. The van der Waals surface area contributed by atoms with Gasteiger partial charge < -0.3 is 10.5 Å². The van der Waals surface area contributed by atoms with Crippen molar-refractivity contribution >= 4 is 11.6 Å². The summed E-state index contributed by atoms with van der Waals surface area (Å²) >= 11 is 5.85. The Morgan fingerprint density at radius 3 is 2.85 bits per heavy atom. The molecule has 0 spiro atoms. The summed E-state index contributed by atoms with van der Waals surface area (Å²) in [5.74, 6) is 0.287. The van der Waals surface area contributed by atoms with Crippen molar-refractivity contribution in [2.45, 2.75) is 20.0 Å². The lowest BCUT2D eigenvalue weighted by molar-refractivity contribution is 0.295. The van der Waals surface area contributed by atoms with Crippen molar-refractivity contribution < 1.29 is 9.13 Å². The number of hydrogen-bond donors (Lipinski definition) is 1. The first-order valence-corrected chi connectivity index (χ1v) is 6.71. The molecular weight excluding hydrogens is 279 g/mol. The molecule has 5 heteroatoms. The average Bonchev–Trinajstić information content (AvgIpc) is 2.42. The number of nitrogens with zero attached hydrogens (tertiary/aromatic N) is 1. The van der Waals surface area contributed by atoms with Gasteiger partial charge in [-0.05, 0) is 43.8 Å². The molecular formula is C15H16ClFN2O. The molecule has 0 aliphatic heterocycles. The minimum Gasteiger partial charge on any atom is -0.487 e. The number of rotatable bonds is 5. The number of pyridine rings is 1. The predicted molar refractivity (Wildman–Crippen MR) is 77.5 cm³/mol. The van der Waals surface area contributed by atoms with Gasteiger partial charge in [-0.2, -0.15) is 0 Å². The van der Waals surface area contributed by atoms with Gasteiger partial charge in [-0.15, -0.1) is 0 Å². The van der Waals surface area contributed by atoms with Gasteiger partial charge in [0, 0.05) is 22.7 Å². The first kappa shape index (κ1) is 14.8. The molecule has 0 atom stereocenters. The summed E-state index contributed by atoms with van der Waals surface area (Å²) in [6.07, 6.45) is 0.620. The van der Waals surface area contributed by atoms with Gasteiger partial charge in [0.1, 0.15) is 18.2 Å². The molecule has 0 fully saturated rings. The minimum absolute atomic E-state index is 0.106. The second-order valence-corrected chi connectivity index (χ2v) is 4.90. The van der Waals surface area contributed by atoms with E-state index in [1.165, 1.54) is 12.1 Å². The van der Waals surface area contributed by atoms with Crippen LogP contribution in [0.1, 0.15) is 17.0 Å². The monoisotopic (exact) mass is 294 g/mol. The zero-order valence-electron chi connectivity index (χ0n) is 11.2. The van der Waals surface area contributed by atoms with Crippen LogP contribution in [0.5, 0.6) is 5.75 Å². The SMILES string of the molecule is Cc1ccc(OCc2cc(Cl)ccc2F)c(CCN)n1. The van der Waals surface area contributed by atoms with Crippen molar-refractivity contribution in [3.05, 3.63) is 58.1 Å². The molecule has 2 N–H and O–H groups in total. The molecule has 1 heterocycles. The van der Waals surface area contributed by atoms with Crippen LogP contribution >= 0.6 is 11.6 Å². The third kappa shape index (κ3) is 3.68. The fourth-order valence-electron chi connectivity index (χ4n) is 1.85. The van der Waals surface area contributed by atoms with Crippen LogP contribution in [0.3, 0.4) is 0 Å². The molecule has 0 saturated heterocycles. The van der Waals surface area contributed by atoms with Crippen LogP contribution in [-0.4, -0.2) is 11.5 Å². The molecule has 106 valence electrons. The Bertz CT molecular complexity index is 604. The number of hydrogen-bond acceptors (Lipinski definition) is 3. The van der Waals surface area contributed by atoms with E-state index in [4.69, 9.17) is 22.1 Å². The predicted octanol–water partition coefficient (Wildman–Crippen LogP) is 3.26. The number of halogens is 2. The number of benzene rings is 1. The topological polar surface area (TPSA) is 48.1 Å². The van der Waals surface area contributed by atoms with Gasteiger partial charge in [0.25, 0.3) is 0 Å². The molecule has 2 aromatic rings. The van der Waals surface area contributed by atoms with Crippen LogP contribution in [0.15, 0.2) is 30.3 Å². The second-order valence-electron chi connectivity index (χ2n) is 4.46. The smallest absolute Gasteiger partial charge is 0.141 e. The molecule has 0 aliphatic carbocycles. The summed E-state index contributed by atoms with van der Waals surface area (Å²) in [6.45, 7) is 2.49. The van der Waals surface area contributed by atoms with Crippen LogP contribution in [0.2, 0.25) is 5.02 Å².